The van der Waals surface area contributed by atoms with Crippen LogP contribution in [0.4, 0.5) is 0 Å². The summed E-state index contributed by atoms with van der Waals surface area (Å²) in [6.45, 7) is -0.304. The van der Waals surface area contributed by atoms with Crippen LogP contribution >= 0.6 is 0 Å². The van der Waals surface area contributed by atoms with E-state index >= 15 is 0 Å². The summed E-state index contributed by atoms with van der Waals surface area (Å²) in [5.41, 5.74) is -2.83. The molecule has 0 saturated carbocycles. The first-order valence-electron chi connectivity index (χ1n) is 10.8. The third kappa shape index (κ3) is 4.60. The second kappa shape index (κ2) is 10.8. The molecule has 0 amide bonds. The maximum Gasteiger partial charge on any atom is 0.187 e. The van der Waals surface area contributed by atoms with Gasteiger partial charge in [-0.05, 0) is 6.92 Å². The van der Waals surface area contributed by atoms with E-state index in [2.05, 4.69) is 0 Å². The number of aliphatic hydroxyl groups is 10. The quantitative estimate of drug-likeness (QED) is 0.162. The lowest BCUT2D eigenvalue weighted by molar-refractivity contribution is -0.393. The van der Waals surface area contributed by atoms with Gasteiger partial charge in [0.25, 0.3) is 0 Å². The van der Waals surface area contributed by atoms with Crippen LogP contribution in [0.3, 0.4) is 0 Å². The van der Waals surface area contributed by atoms with Crippen LogP contribution in [0.2, 0.25) is 0 Å². The van der Waals surface area contributed by atoms with Crippen molar-refractivity contribution in [3.05, 3.63) is 0 Å². The van der Waals surface area contributed by atoms with Crippen molar-refractivity contribution in [1.29, 1.82) is 0 Å². The fourth-order valence-corrected chi connectivity index (χ4v) is 4.60. The topological polar surface area (TPSA) is 248 Å². The van der Waals surface area contributed by atoms with Gasteiger partial charge in [0, 0.05) is 7.11 Å². The Hall–Kier alpha value is -0.600. The Labute approximate surface area is 194 Å². The predicted molar refractivity (Wildman–Crippen MR) is 105 cm³/mol. The van der Waals surface area contributed by atoms with E-state index in [-0.39, 0.29) is 0 Å². The van der Waals surface area contributed by atoms with Gasteiger partial charge in [0.15, 0.2) is 18.2 Å². The smallest absolute Gasteiger partial charge is 0.187 e. The lowest BCUT2D eigenvalue weighted by Gasteiger charge is -2.55. The van der Waals surface area contributed by atoms with Crippen LogP contribution in [-0.4, -0.2) is 163 Å². The first kappa shape index (κ1) is 28.0. The molecule has 3 fully saturated rings. The van der Waals surface area contributed by atoms with Gasteiger partial charge in [-0.3, -0.25) is 0 Å². The van der Waals surface area contributed by atoms with E-state index < -0.39 is 105 Å². The van der Waals surface area contributed by atoms with E-state index in [0.717, 1.165) is 0 Å². The number of methoxy groups -OCH3 is 1. The molecule has 3 aliphatic rings. The lowest BCUT2D eigenvalue weighted by Crippen LogP contribution is -2.77. The van der Waals surface area contributed by atoms with E-state index in [1.807, 2.05) is 0 Å². The van der Waals surface area contributed by atoms with Gasteiger partial charge in [-0.15, -0.1) is 0 Å². The summed E-state index contributed by atoms with van der Waals surface area (Å²) in [6, 6.07) is 0. The molecule has 200 valence electrons. The van der Waals surface area contributed by atoms with Crippen molar-refractivity contribution >= 4 is 0 Å². The van der Waals surface area contributed by atoms with E-state index in [4.69, 9.17) is 23.7 Å². The summed E-state index contributed by atoms with van der Waals surface area (Å²) in [5.74, 6) is 0. The zero-order valence-corrected chi connectivity index (χ0v) is 18.5. The van der Waals surface area contributed by atoms with E-state index in [1.54, 1.807) is 0 Å². The second-order valence-corrected chi connectivity index (χ2v) is 8.78. The molecular weight excluding hydrogens is 468 g/mol. The average molecular weight is 502 g/mol. The molecule has 34 heavy (non-hydrogen) atoms. The minimum Gasteiger partial charge on any atom is -0.394 e. The second-order valence-electron chi connectivity index (χ2n) is 8.78. The van der Waals surface area contributed by atoms with Crippen LogP contribution in [0.15, 0.2) is 0 Å². The average Bonchev–Trinajstić information content (AvgIpc) is 2.83. The fourth-order valence-electron chi connectivity index (χ4n) is 4.60. The van der Waals surface area contributed by atoms with Crippen LogP contribution in [0.5, 0.6) is 0 Å². The van der Waals surface area contributed by atoms with Gasteiger partial charge >= 0.3 is 0 Å². The Bertz CT molecular complexity index is 668. The van der Waals surface area contributed by atoms with Gasteiger partial charge in [0.1, 0.15) is 67.1 Å². The van der Waals surface area contributed by atoms with E-state index in [9.17, 15) is 51.1 Å². The van der Waals surface area contributed by atoms with Crippen molar-refractivity contribution < 1.29 is 74.7 Å². The zero-order chi connectivity index (χ0) is 25.5. The molecule has 2 unspecified atom stereocenters. The molecule has 15 nitrogen and oxygen atoms in total. The number of hydrogen-bond donors (Lipinski definition) is 10. The molecule has 0 spiro atoms. The first-order chi connectivity index (χ1) is 15.9. The van der Waals surface area contributed by atoms with Gasteiger partial charge in [-0.25, -0.2) is 0 Å². The highest BCUT2D eigenvalue weighted by Gasteiger charge is 2.65. The van der Waals surface area contributed by atoms with Gasteiger partial charge in [0.05, 0.1) is 19.3 Å². The molecule has 10 N–H and O–H groups in total. The SMILES string of the molecule is COC1O[C@H](CO)[C@@H](O[C@@H]2O[C@H](CO)[C@H](O)[C@@](O)(C3O[C@@H](C)[C@@H](O)[C@@H](O)[C@@H]3O)[C@H]2O)[C@H](O)[C@H]1O. The summed E-state index contributed by atoms with van der Waals surface area (Å²) in [6.07, 6.45) is -23.8. The number of ether oxygens (including phenoxy) is 5. The number of rotatable bonds is 6. The van der Waals surface area contributed by atoms with E-state index in [1.165, 1.54) is 14.0 Å². The molecule has 3 saturated heterocycles. The fraction of sp³-hybridized carbons (Fsp3) is 1.00. The monoisotopic (exact) mass is 502 g/mol. The number of aliphatic hydroxyl groups excluding tert-OH is 9. The van der Waals surface area contributed by atoms with Gasteiger partial charge < -0.3 is 74.7 Å². The van der Waals surface area contributed by atoms with Gasteiger partial charge in [0.2, 0.25) is 0 Å². The Morgan fingerprint density at radius 1 is 0.706 bits per heavy atom. The molecular formula is C19H34O15. The van der Waals surface area contributed by atoms with Crippen LogP contribution in [-0.2, 0) is 23.7 Å². The molecule has 3 aliphatic heterocycles. The van der Waals surface area contributed by atoms with E-state index in [0.29, 0.717) is 0 Å². The van der Waals surface area contributed by atoms with Crippen LogP contribution in [0.25, 0.3) is 0 Å². The van der Waals surface area contributed by atoms with Crippen molar-refractivity contribution in [2.24, 2.45) is 0 Å². The zero-order valence-electron chi connectivity index (χ0n) is 18.5. The third-order valence-corrected chi connectivity index (χ3v) is 6.70. The van der Waals surface area contributed by atoms with Crippen molar-refractivity contribution in [1.82, 2.24) is 0 Å². The Morgan fingerprint density at radius 2 is 1.29 bits per heavy atom. The summed E-state index contributed by atoms with van der Waals surface area (Å²) in [5, 5.41) is 104. The van der Waals surface area contributed by atoms with Crippen LogP contribution in [0.1, 0.15) is 6.92 Å². The molecule has 0 aromatic carbocycles. The maximum atomic E-state index is 11.4. The van der Waals surface area contributed by atoms with Crippen molar-refractivity contribution in [2.75, 3.05) is 20.3 Å². The van der Waals surface area contributed by atoms with Crippen LogP contribution < -0.4 is 0 Å². The lowest BCUT2D eigenvalue weighted by atomic mass is 9.74. The molecule has 0 radical (unpaired) electrons. The molecule has 3 rings (SSSR count). The summed E-state index contributed by atoms with van der Waals surface area (Å²) >= 11 is 0. The predicted octanol–water partition coefficient (Wildman–Crippen LogP) is -6.50. The number of hydrogen-bond acceptors (Lipinski definition) is 15. The summed E-state index contributed by atoms with van der Waals surface area (Å²) in [7, 11) is 1.19. The molecule has 0 bridgehead atoms. The summed E-state index contributed by atoms with van der Waals surface area (Å²) in [4.78, 5) is 0. The van der Waals surface area contributed by atoms with Crippen molar-refractivity contribution in [2.45, 2.75) is 98.4 Å². The molecule has 0 aromatic heterocycles. The maximum absolute atomic E-state index is 11.4. The minimum atomic E-state index is -2.83. The Balaban J connectivity index is 1.91. The first-order valence-corrected chi connectivity index (χ1v) is 10.8. The molecule has 0 aromatic rings. The van der Waals surface area contributed by atoms with Gasteiger partial charge in [-0.1, -0.05) is 0 Å². The van der Waals surface area contributed by atoms with Crippen molar-refractivity contribution in [3.8, 4) is 0 Å². The Kier molecular flexibility index (Phi) is 8.88. The highest BCUT2D eigenvalue weighted by Crippen LogP contribution is 2.40. The minimum absolute atomic E-state index is 0.723. The molecule has 0 aliphatic carbocycles. The van der Waals surface area contributed by atoms with Crippen LogP contribution in [0, 0.1) is 0 Å². The summed E-state index contributed by atoms with van der Waals surface area (Å²) < 4.78 is 26.5. The third-order valence-electron chi connectivity index (χ3n) is 6.70. The molecule has 15 heteroatoms. The van der Waals surface area contributed by atoms with Gasteiger partial charge in [-0.2, -0.15) is 0 Å². The standard InChI is InChI=1S/C19H34O15/c1-5-8(22)9(23)11(25)16(31-5)19(29)14(27)7(4-21)33-18(15(19)28)34-13-6(3-20)32-17(30-2)12(26)10(13)24/h5-18,20-29H,3-4H2,1-2H3/t5-,6+,7+,8+,9+,10+,11-,12+,13+,14-,15-,16?,17?,18-,19-/m0/s1. The van der Waals surface area contributed by atoms with Crippen molar-refractivity contribution in [3.63, 3.8) is 0 Å². The molecule has 3 heterocycles. The highest BCUT2D eigenvalue weighted by atomic mass is 16.7. The molecule has 15 atom stereocenters. The Morgan fingerprint density at radius 3 is 1.85 bits per heavy atom. The normalized spacial score (nSPS) is 54.7. The highest BCUT2D eigenvalue weighted by molar-refractivity contribution is 5.12. The largest absolute Gasteiger partial charge is 0.394 e.